The van der Waals surface area contributed by atoms with Crippen LogP contribution in [0.15, 0.2) is 30.3 Å². The standard InChI is InChI=1S/C21H25N3O3S/c1-12-8-9-15-17(10-12)28-21(19(15)20(22)27)24-18(26)11-16(23-13(2)25)14-6-4-3-5-7-14/h3-7,12,16H,8-11H2,1-2H3,(H2,22,27)(H,23,25)(H,24,26)/t12-,16+/m0/s1. The third-order valence-electron chi connectivity index (χ3n) is 4.98. The summed E-state index contributed by atoms with van der Waals surface area (Å²) < 4.78 is 0. The Morgan fingerprint density at radius 2 is 1.96 bits per heavy atom. The van der Waals surface area contributed by atoms with Crippen molar-refractivity contribution in [1.82, 2.24) is 5.32 Å². The highest BCUT2D eigenvalue weighted by molar-refractivity contribution is 7.17. The molecule has 4 N–H and O–H groups in total. The van der Waals surface area contributed by atoms with E-state index in [1.807, 2.05) is 30.3 Å². The first-order chi connectivity index (χ1) is 13.3. The van der Waals surface area contributed by atoms with Crippen LogP contribution in [-0.2, 0) is 22.4 Å². The van der Waals surface area contributed by atoms with Crippen LogP contribution in [0.5, 0.6) is 0 Å². The van der Waals surface area contributed by atoms with Crippen molar-refractivity contribution in [2.24, 2.45) is 11.7 Å². The van der Waals surface area contributed by atoms with Crippen LogP contribution in [0, 0.1) is 5.92 Å². The summed E-state index contributed by atoms with van der Waals surface area (Å²) in [6.45, 7) is 3.61. The van der Waals surface area contributed by atoms with Crippen molar-refractivity contribution in [2.75, 3.05) is 5.32 Å². The third-order valence-corrected chi connectivity index (χ3v) is 6.15. The highest BCUT2D eigenvalue weighted by atomic mass is 32.1. The van der Waals surface area contributed by atoms with Gasteiger partial charge in [0.2, 0.25) is 11.8 Å². The summed E-state index contributed by atoms with van der Waals surface area (Å²) in [6, 6.07) is 8.90. The number of hydrogen-bond donors (Lipinski definition) is 3. The molecule has 2 aromatic rings. The van der Waals surface area contributed by atoms with Gasteiger partial charge in [0.1, 0.15) is 5.00 Å². The Morgan fingerprint density at radius 1 is 1.25 bits per heavy atom. The molecule has 1 aromatic heterocycles. The first-order valence-electron chi connectivity index (χ1n) is 9.41. The molecular weight excluding hydrogens is 374 g/mol. The van der Waals surface area contributed by atoms with Crippen LogP contribution in [0.2, 0.25) is 0 Å². The molecule has 0 fully saturated rings. The maximum absolute atomic E-state index is 12.7. The Morgan fingerprint density at radius 3 is 2.61 bits per heavy atom. The van der Waals surface area contributed by atoms with E-state index in [9.17, 15) is 14.4 Å². The van der Waals surface area contributed by atoms with E-state index < -0.39 is 11.9 Å². The van der Waals surface area contributed by atoms with E-state index in [4.69, 9.17) is 5.73 Å². The molecule has 7 heteroatoms. The monoisotopic (exact) mass is 399 g/mol. The van der Waals surface area contributed by atoms with Gasteiger partial charge in [0.15, 0.2) is 0 Å². The van der Waals surface area contributed by atoms with E-state index >= 15 is 0 Å². The van der Waals surface area contributed by atoms with E-state index in [2.05, 4.69) is 17.6 Å². The van der Waals surface area contributed by atoms with Crippen LogP contribution in [0.1, 0.15) is 59.1 Å². The average molecular weight is 400 g/mol. The molecule has 0 saturated heterocycles. The Balaban J connectivity index is 1.80. The van der Waals surface area contributed by atoms with Crippen molar-refractivity contribution in [3.63, 3.8) is 0 Å². The lowest BCUT2D eigenvalue weighted by atomic mass is 9.88. The molecule has 0 spiro atoms. The number of fused-ring (bicyclic) bond motifs is 1. The summed E-state index contributed by atoms with van der Waals surface area (Å²) >= 11 is 1.44. The predicted octanol–water partition coefficient (Wildman–Crippen LogP) is 3.18. The number of nitrogens with two attached hydrogens (primary N) is 1. The molecule has 1 heterocycles. The Hall–Kier alpha value is -2.67. The minimum Gasteiger partial charge on any atom is -0.365 e. The number of rotatable bonds is 6. The van der Waals surface area contributed by atoms with Gasteiger partial charge in [0.25, 0.3) is 5.91 Å². The lowest BCUT2D eigenvalue weighted by Gasteiger charge is -2.18. The molecule has 1 aromatic carbocycles. The molecule has 6 nitrogen and oxygen atoms in total. The predicted molar refractivity (Wildman–Crippen MR) is 110 cm³/mol. The molecule has 0 bridgehead atoms. The van der Waals surface area contributed by atoms with Crippen molar-refractivity contribution in [1.29, 1.82) is 0 Å². The number of hydrogen-bond acceptors (Lipinski definition) is 4. The van der Waals surface area contributed by atoms with Gasteiger partial charge in [-0.15, -0.1) is 11.3 Å². The number of carbonyl (C=O) groups excluding carboxylic acids is 3. The fourth-order valence-corrected chi connectivity index (χ4v) is 5.08. The molecule has 0 saturated carbocycles. The van der Waals surface area contributed by atoms with Crippen molar-refractivity contribution in [3.05, 3.63) is 51.9 Å². The fourth-order valence-electron chi connectivity index (χ4n) is 3.65. The number of benzene rings is 1. The smallest absolute Gasteiger partial charge is 0.251 e. The number of carbonyl (C=O) groups is 3. The second-order valence-corrected chi connectivity index (χ2v) is 8.44. The van der Waals surface area contributed by atoms with Crippen molar-refractivity contribution in [3.8, 4) is 0 Å². The zero-order valence-corrected chi connectivity index (χ0v) is 16.9. The van der Waals surface area contributed by atoms with E-state index in [0.717, 1.165) is 35.3 Å². The zero-order chi connectivity index (χ0) is 20.3. The van der Waals surface area contributed by atoms with Crippen LogP contribution >= 0.6 is 11.3 Å². The fraction of sp³-hybridized carbons (Fsp3) is 0.381. The van der Waals surface area contributed by atoms with Crippen molar-refractivity contribution < 1.29 is 14.4 Å². The van der Waals surface area contributed by atoms with Gasteiger partial charge in [-0.25, -0.2) is 0 Å². The van der Waals surface area contributed by atoms with Gasteiger partial charge in [0, 0.05) is 11.8 Å². The maximum atomic E-state index is 12.7. The summed E-state index contributed by atoms with van der Waals surface area (Å²) in [4.78, 5) is 37.5. The van der Waals surface area contributed by atoms with E-state index in [1.54, 1.807) is 0 Å². The number of anilines is 1. The molecular formula is C21H25N3O3S. The Bertz CT molecular complexity index is 892. The van der Waals surface area contributed by atoms with E-state index in [0.29, 0.717) is 16.5 Å². The van der Waals surface area contributed by atoms with Crippen molar-refractivity contribution >= 4 is 34.1 Å². The van der Waals surface area contributed by atoms with Gasteiger partial charge < -0.3 is 16.4 Å². The molecule has 148 valence electrons. The Labute approximate surface area is 168 Å². The summed E-state index contributed by atoms with van der Waals surface area (Å²) in [5.41, 5.74) is 7.88. The molecule has 1 aliphatic rings. The van der Waals surface area contributed by atoms with Gasteiger partial charge in [-0.3, -0.25) is 14.4 Å². The summed E-state index contributed by atoms with van der Waals surface area (Å²) in [5.74, 6) is -0.432. The molecule has 0 radical (unpaired) electrons. The lowest BCUT2D eigenvalue weighted by molar-refractivity contribution is -0.120. The van der Waals surface area contributed by atoms with Crippen LogP contribution in [0.4, 0.5) is 5.00 Å². The van der Waals surface area contributed by atoms with Crippen LogP contribution in [0.3, 0.4) is 0 Å². The van der Waals surface area contributed by atoms with Crippen LogP contribution < -0.4 is 16.4 Å². The number of primary amides is 1. The van der Waals surface area contributed by atoms with Gasteiger partial charge in [0.05, 0.1) is 18.0 Å². The SMILES string of the molecule is CC(=O)N[C@H](CC(=O)Nc1sc2c(c1C(N)=O)CC[C@H](C)C2)c1ccccc1. The van der Waals surface area contributed by atoms with E-state index in [-0.39, 0.29) is 18.2 Å². The molecule has 28 heavy (non-hydrogen) atoms. The minimum absolute atomic E-state index is 0.0702. The summed E-state index contributed by atoms with van der Waals surface area (Å²) in [7, 11) is 0. The number of amides is 3. The normalized spacial score (nSPS) is 16.7. The van der Waals surface area contributed by atoms with Crippen LogP contribution in [-0.4, -0.2) is 17.7 Å². The summed E-state index contributed by atoms with van der Waals surface area (Å²) in [5, 5.41) is 6.20. The molecule has 0 unspecified atom stereocenters. The van der Waals surface area contributed by atoms with E-state index in [1.165, 1.54) is 18.3 Å². The average Bonchev–Trinajstić information content (AvgIpc) is 2.98. The highest BCUT2D eigenvalue weighted by Crippen LogP contribution is 2.39. The quantitative estimate of drug-likeness (QED) is 0.695. The van der Waals surface area contributed by atoms with Gasteiger partial charge in [-0.1, -0.05) is 37.3 Å². The topological polar surface area (TPSA) is 101 Å². The molecule has 0 aliphatic heterocycles. The van der Waals surface area contributed by atoms with Crippen LogP contribution in [0.25, 0.3) is 0 Å². The number of nitrogens with one attached hydrogen (secondary N) is 2. The molecule has 3 rings (SSSR count). The van der Waals surface area contributed by atoms with Gasteiger partial charge in [-0.2, -0.15) is 0 Å². The maximum Gasteiger partial charge on any atom is 0.251 e. The second-order valence-electron chi connectivity index (χ2n) is 7.34. The van der Waals surface area contributed by atoms with Crippen molar-refractivity contribution in [2.45, 2.75) is 45.6 Å². The highest BCUT2D eigenvalue weighted by Gasteiger charge is 2.27. The first kappa shape index (κ1) is 20.1. The largest absolute Gasteiger partial charge is 0.365 e. The minimum atomic E-state index is -0.510. The van der Waals surface area contributed by atoms with Gasteiger partial charge in [-0.05, 0) is 36.3 Å². The summed E-state index contributed by atoms with van der Waals surface area (Å²) in [6.07, 6.45) is 2.78. The molecule has 1 aliphatic carbocycles. The Kier molecular flexibility index (Phi) is 6.14. The molecule has 3 amide bonds. The lowest BCUT2D eigenvalue weighted by Crippen LogP contribution is -2.30. The first-order valence-corrected chi connectivity index (χ1v) is 10.2. The zero-order valence-electron chi connectivity index (χ0n) is 16.1. The third kappa shape index (κ3) is 4.59. The second kappa shape index (κ2) is 8.56. The number of thiophene rings is 1. The van der Waals surface area contributed by atoms with Gasteiger partial charge >= 0.3 is 0 Å². The molecule has 2 atom stereocenters.